The van der Waals surface area contributed by atoms with Gasteiger partial charge in [-0.2, -0.15) is 0 Å². The lowest BCUT2D eigenvalue weighted by Gasteiger charge is -2.18. The molecule has 1 unspecified atom stereocenters. The average Bonchev–Trinajstić information content (AvgIpc) is 3.00. The van der Waals surface area contributed by atoms with Crippen LogP contribution < -0.4 is 10.1 Å². The highest BCUT2D eigenvalue weighted by Gasteiger charge is 2.19. The zero-order chi connectivity index (χ0) is 20.6. The van der Waals surface area contributed by atoms with Gasteiger partial charge in [0.05, 0.1) is 10.2 Å². The first kappa shape index (κ1) is 20.6. The summed E-state index contributed by atoms with van der Waals surface area (Å²) >= 11 is 7.66. The molecular formula is C22H25ClN2O2S. The smallest absolute Gasteiger partial charge is 0.266 e. The molecule has 1 N–H and O–H groups in total. The van der Waals surface area contributed by atoms with Crippen LogP contribution >= 0.6 is 22.9 Å². The first-order chi connectivity index (χ1) is 13.0. The number of aryl methyl sites for hydroxylation is 2. The Morgan fingerprint density at radius 3 is 2.43 bits per heavy atom. The van der Waals surface area contributed by atoms with E-state index in [4.69, 9.17) is 16.3 Å². The van der Waals surface area contributed by atoms with Crippen molar-refractivity contribution in [1.82, 2.24) is 4.98 Å². The SMILES string of the molecule is Cc1cc(OC(C)C(=O)Nc2nc3ccc(C(C)(C)C)cc3s2)cc(C)c1Cl. The fraction of sp³-hybridized carbons (Fsp3) is 0.364. The van der Waals surface area contributed by atoms with Gasteiger partial charge in [-0.3, -0.25) is 10.1 Å². The van der Waals surface area contributed by atoms with E-state index in [1.165, 1.54) is 16.9 Å². The van der Waals surface area contributed by atoms with Crippen molar-refractivity contribution in [3.63, 3.8) is 0 Å². The molecule has 0 aliphatic heterocycles. The minimum Gasteiger partial charge on any atom is -0.481 e. The van der Waals surface area contributed by atoms with E-state index >= 15 is 0 Å². The second kappa shape index (κ2) is 7.72. The number of nitrogens with zero attached hydrogens (tertiary/aromatic N) is 1. The number of fused-ring (bicyclic) bond motifs is 1. The summed E-state index contributed by atoms with van der Waals surface area (Å²) in [4.78, 5) is 17.1. The van der Waals surface area contributed by atoms with Crippen LogP contribution in [0.15, 0.2) is 30.3 Å². The highest BCUT2D eigenvalue weighted by atomic mass is 35.5. The van der Waals surface area contributed by atoms with Crippen molar-refractivity contribution in [2.24, 2.45) is 0 Å². The van der Waals surface area contributed by atoms with Crippen molar-refractivity contribution < 1.29 is 9.53 Å². The van der Waals surface area contributed by atoms with Gasteiger partial charge in [-0.15, -0.1) is 0 Å². The van der Waals surface area contributed by atoms with Gasteiger partial charge in [0.25, 0.3) is 5.91 Å². The van der Waals surface area contributed by atoms with E-state index in [9.17, 15) is 4.79 Å². The van der Waals surface area contributed by atoms with Crippen LogP contribution in [0.1, 0.15) is 44.4 Å². The van der Waals surface area contributed by atoms with E-state index in [1.54, 1.807) is 6.92 Å². The van der Waals surface area contributed by atoms with Crippen LogP contribution in [-0.2, 0) is 10.2 Å². The second-order valence-corrected chi connectivity index (χ2v) is 9.48. The first-order valence-corrected chi connectivity index (χ1v) is 10.4. The normalized spacial score (nSPS) is 12.8. The van der Waals surface area contributed by atoms with E-state index in [0.29, 0.717) is 15.9 Å². The average molecular weight is 417 g/mol. The number of carbonyl (C=O) groups is 1. The summed E-state index contributed by atoms with van der Waals surface area (Å²) in [6.45, 7) is 12.1. The molecule has 4 nitrogen and oxygen atoms in total. The minimum atomic E-state index is -0.655. The van der Waals surface area contributed by atoms with Gasteiger partial charge in [-0.25, -0.2) is 4.98 Å². The van der Waals surface area contributed by atoms with Gasteiger partial charge >= 0.3 is 0 Å². The van der Waals surface area contributed by atoms with E-state index in [0.717, 1.165) is 21.3 Å². The Kier molecular flexibility index (Phi) is 5.69. The molecule has 0 saturated carbocycles. The van der Waals surface area contributed by atoms with E-state index in [2.05, 4.69) is 43.2 Å². The number of rotatable bonds is 4. The maximum atomic E-state index is 12.6. The van der Waals surface area contributed by atoms with Gasteiger partial charge in [0.15, 0.2) is 11.2 Å². The van der Waals surface area contributed by atoms with E-state index < -0.39 is 6.10 Å². The summed E-state index contributed by atoms with van der Waals surface area (Å²) in [6, 6.07) is 9.91. The third kappa shape index (κ3) is 4.47. The largest absolute Gasteiger partial charge is 0.481 e. The van der Waals surface area contributed by atoms with Gasteiger partial charge in [0.1, 0.15) is 5.75 Å². The second-order valence-electron chi connectivity index (χ2n) is 8.07. The fourth-order valence-corrected chi connectivity index (χ4v) is 3.90. The lowest BCUT2D eigenvalue weighted by Crippen LogP contribution is -2.30. The van der Waals surface area contributed by atoms with Crippen LogP contribution in [0.3, 0.4) is 0 Å². The fourth-order valence-electron chi connectivity index (χ4n) is 2.88. The number of amides is 1. The van der Waals surface area contributed by atoms with Crippen molar-refractivity contribution >= 4 is 44.2 Å². The van der Waals surface area contributed by atoms with Crippen molar-refractivity contribution in [2.75, 3.05) is 5.32 Å². The molecule has 1 atom stereocenters. The zero-order valence-electron chi connectivity index (χ0n) is 17.0. The number of thiazole rings is 1. The molecule has 0 fully saturated rings. The standard InChI is InChI=1S/C22H25ClN2O2S/c1-12-9-16(10-13(2)19(12)23)27-14(3)20(26)25-21-24-17-8-7-15(22(4,5)6)11-18(17)28-21/h7-11,14H,1-6H3,(H,24,25,26). The molecular weight excluding hydrogens is 392 g/mol. The van der Waals surface area contributed by atoms with Crippen LogP contribution in [0.4, 0.5) is 5.13 Å². The van der Waals surface area contributed by atoms with Crippen molar-refractivity contribution in [2.45, 2.75) is 53.1 Å². The molecule has 0 aliphatic carbocycles. The lowest BCUT2D eigenvalue weighted by atomic mass is 9.87. The molecule has 0 spiro atoms. The Morgan fingerprint density at radius 2 is 1.82 bits per heavy atom. The van der Waals surface area contributed by atoms with Crippen molar-refractivity contribution in [3.05, 3.63) is 52.0 Å². The quantitative estimate of drug-likeness (QED) is 0.545. The lowest BCUT2D eigenvalue weighted by molar-refractivity contribution is -0.122. The first-order valence-electron chi connectivity index (χ1n) is 9.20. The predicted molar refractivity (Wildman–Crippen MR) is 118 cm³/mol. The number of ether oxygens (including phenoxy) is 1. The molecule has 3 rings (SSSR count). The summed E-state index contributed by atoms with van der Waals surface area (Å²) in [6.07, 6.45) is -0.655. The number of nitrogens with one attached hydrogen (secondary N) is 1. The van der Waals surface area contributed by atoms with E-state index in [-0.39, 0.29) is 11.3 Å². The third-order valence-electron chi connectivity index (χ3n) is 4.58. The monoisotopic (exact) mass is 416 g/mol. The Bertz CT molecular complexity index is 1010. The molecule has 6 heteroatoms. The summed E-state index contributed by atoms with van der Waals surface area (Å²) in [7, 11) is 0. The van der Waals surface area contributed by atoms with Crippen LogP contribution in [-0.4, -0.2) is 17.0 Å². The number of halogens is 1. The third-order valence-corrected chi connectivity index (χ3v) is 6.11. The number of carbonyl (C=O) groups excluding carboxylic acids is 1. The molecule has 0 saturated heterocycles. The maximum Gasteiger partial charge on any atom is 0.266 e. The molecule has 0 radical (unpaired) electrons. The van der Waals surface area contributed by atoms with Crippen molar-refractivity contribution in [1.29, 1.82) is 0 Å². The van der Waals surface area contributed by atoms with Crippen molar-refractivity contribution in [3.8, 4) is 5.75 Å². The molecule has 28 heavy (non-hydrogen) atoms. The molecule has 148 valence electrons. The summed E-state index contributed by atoms with van der Waals surface area (Å²) in [5.41, 5.74) is 4.03. The zero-order valence-corrected chi connectivity index (χ0v) is 18.6. The highest BCUT2D eigenvalue weighted by Crippen LogP contribution is 2.31. The highest BCUT2D eigenvalue weighted by molar-refractivity contribution is 7.22. The molecule has 0 aliphatic rings. The van der Waals surface area contributed by atoms with Gasteiger partial charge in [0.2, 0.25) is 0 Å². The Hall–Kier alpha value is -2.11. The topological polar surface area (TPSA) is 51.2 Å². The van der Waals surface area contributed by atoms with Crippen LogP contribution in [0.2, 0.25) is 5.02 Å². The Labute approximate surface area is 174 Å². The summed E-state index contributed by atoms with van der Waals surface area (Å²) in [5.74, 6) is 0.390. The van der Waals surface area contributed by atoms with Gasteiger partial charge < -0.3 is 4.74 Å². The number of hydrogen-bond donors (Lipinski definition) is 1. The van der Waals surface area contributed by atoms with Crippen LogP contribution in [0.5, 0.6) is 5.75 Å². The predicted octanol–water partition coefficient (Wildman–Crippen LogP) is 6.27. The molecule has 1 heterocycles. The van der Waals surface area contributed by atoms with Crippen LogP contribution in [0, 0.1) is 13.8 Å². The maximum absolute atomic E-state index is 12.6. The van der Waals surface area contributed by atoms with Gasteiger partial charge in [-0.05, 0) is 67.1 Å². The van der Waals surface area contributed by atoms with Gasteiger partial charge in [0, 0.05) is 5.02 Å². The van der Waals surface area contributed by atoms with E-state index in [1.807, 2.05) is 32.0 Å². The number of anilines is 1. The molecule has 1 aromatic heterocycles. The number of benzene rings is 2. The van der Waals surface area contributed by atoms with Crippen LogP contribution in [0.25, 0.3) is 10.2 Å². The molecule has 1 amide bonds. The summed E-state index contributed by atoms with van der Waals surface area (Å²) in [5, 5.41) is 4.16. The molecule has 2 aromatic carbocycles. The van der Waals surface area contributed by atoms with Gasteiger partial charge in [-0.1, -0.05) is 49.8 Å². The Balaban J connectivity index is 1.73. The summed E-state index contributed by atoms with van der Waals surface area (Å²) < 4.78 is 6.86. The number of hydrogen-bond acceptors (Lipinski definition) is 4. The molecule has 0 bridgehead atoms. The molecule has 3 aromatic rings. The minimum absolute atomic E-state index is 0.0682. The Morgan fingerprint density at radius 1 is 1.18 bits per heavy atom. The number of aromatic nitrogens is 1.